The van der Waals surface area contributed by atoms with Crippen LogP contribution in [0.3, 0.4) is 0 Å². The molecule has 20 heavy (non-hydrogen) atoms. The number of halogens is 1. The molecule has 1 nitrogen and oxygen atoms in total. The first-order valence-corrected chi connectivity index (χ1v) is 9.91. The van der Waals surface area contributed by atoms with Crippen molar-refractivity contribution in [1.82, 2.24) is 4.90 Å². The molecule has 2 aliphatic rings. The van der Waals surface area contributed by atoms with Crippen molar-refractivity contribution in [2.45, 2.75) is 54.7 Å². The van der Waals surface area contributed by atoms with E-state index < -0.39 is 0 Å². The molecule has 0 aromatic heterocycles. The maximum absolute atomic E-state index is 3.65. The van der Waals surface area contributed by atoms with Gasteiger partial charge in [-0.1, -0.05) is 53.4 Å². The predicted octanol–water partition coefficient (Wildman–Crippen LogP) is 4.73. The van der Waals surface area contributed by atoms with E-state index >= 15 is 0 Å². The van der Waals surface area contributed by atoms with Crippen molar-refractivity contribution in [3.63, 3.8) is 0 Å². The number of nitrogens with zero attached hydrogens (tertiary/aromatic N) is 1. The van der Waals surface area contributed by atoms with E-state index in [1.54, 1.807) is 5.56 Å². The molecule has 1 saturated carbocycles. The summed E-state index contributed by atoms with van der Waals surface area (Å²) in [5, 5.41) is 1.86. The van der Waals surface area contributed by atoms with Gasteiger partial charge in [0.15, 0.2) is 0 Å². The molecule has 1 heterocycles. The lowest BCUT2D eigenvalue weighted by atomic mass is 9.94. The molecule has 0 spiro atoms. The summed E-state index contributed by atoms with van der Waals surface area (Å²) in [6.07, 6.45) is 8.40. The van der Waals surface area contributed by atoms with Crippen molar-refractivity contribution in [3.8, 4) is 0 Å². The average molecular weight is 354 g/mol. The molecule has 1 aromatic carbocycles. The molecule has 3 heteroatoms. The highest BCUT2D eigenvalue weighted by molar-refractivity contribution is 9.09. The van der Waals surface area contributed by atoms with Gasteiger partial charge in [0.25, 0.3) is 0 Å². The predicted molar refractivity (Wildman–Crippen MR) is 92.0 cm³/mol. The Balaban J connectivity index is 1.60. The van der Waals surface area contributed by atoms with Crippen LogP contribution in [0.15, 0.2) is 29.2 Å². The fourth-order valence-electron chi connectivity index (χ4n) is 3.59. The molecule has 110 valence electrons. The highest BCUT2D eigenvalue weighted by Crippen LogP contribution is 2.37. The van der Waals surface area contributed by atoms with Crippen LogP contribution in [0.5, 0.6) is 0 Å². The van der Waals surface area contributed by atoms with Gasteiger partial charge in [-0.3, -0.25) is 4.90 Å². The van der Waals surface area contributed by atoms with Crippen LogP contribution in [0.2, 0.25) is 0 Å². The normalized spacial score (nSPS) is 23.2. The second-order valence-corrected chi connectivity index (χ2v) is 8.16. The van der Waals surface area contributed by atoms with Crippen molar-refractivity contribution in [3.05, 3.63) is 29.8 Å². The van der Waals surface area contributed by atoms with Gasteiger partial charge in [-0.05, 0) is 30.9 Å². The average Bonchev–Trinajstić information content (AvgIpc) is 2.90. The molecule has 1 aliphatic carbocycles. The van der Waals surface area contributed by atoms with E-state index in [1.165, 1.54) is 56.5 Å². The fourth-order valence-corrected chi connectivity index (χ4v) is 5.40. The summed E-state index contributed by atoms with van der Waals surface area (Å²) >= 11 is 5.74. The Kier molecular flexibility index (Phi) is 5.47. The number of hydrogen-bond acceptors (Lipinski definition) is 2. The Morgan fingerprint density at radius 1 is 1.15 bits per heavy atom. The molecule has 1 unspecified atom stereocenters. The minimum absolute atomic E-state index is 0.758. The van der Waals surface area contributed by atoms with Gasteiger partial charge in [0.05, 0.1) is 0 Å². The van der Waals surface area contributed by atoms with Gasteiger partial charge in [-0.2, -0.15) is 0 Å². The van der Waals surface area contributed by atoms with Crippen LogP contribution >= 0.6 is 27.7 Å². The summed E-state index contributed by atoms with van der Waals surface area (Å²) < 4.78 is 0. The molecule has 1 atom stereocenters. The quantitative estimate of drug-likeness (QED) is 0.703. The van der Waals surface area contributed by atoms with E-state index in [9.17, 15) is 0 Å². The highest BCUT2D eigenvalue weighted by atomic mass is 79.9. The van der Waals surface area contributed by atoms with Gasteiger partial charge in [-0.15, -0.1) is 11.8 Å². The second kappa shape index (κ2) is 7.33. The van der Waals surface area contributed by atoms with E-state index in [-0.39, 0.29) is 0 Å². The van der Waals surface area contributed by atoms with Gasteiger partial charge in [0.1, 0.15) is 0 Å². The smallest absolute Gasteiger partial charge is 0.0263 e. The topological polar surface area (TPSA) is 3.24 Å². The van der Waals surface area contributed by atoms with E-state index in [0.29, 0.717) is 0 Å². The first-order chi connectivity index (χ1) is 9.86. The minimum atomic E-state index is 0.758. The maximum Gasteiger partial charge on any atom is 0.0263 e. The molecule has 0 amide bonds. The fraction of sp³-hybridized carbons (Fsp3) is 0.647. The SMILES string of the molecule is BrCCN(CC1Cc2ccccc2S1)C1CCCCC1. The van der Waals surface area contributed by atoms with Gasteiger partial charge in [-0.25, -0.2) is 0 Å². The number of fused-ring (bicyclic) bond motifs is 1. The third-order valence-corrected chi connectivity index (χ3v) is 6.27. The Hall–Kier alpha value is 0.01000. The first-order valence-electron chi connectivity index (χ1n) is 7.91. The minimum Gasteiger partial charge on any atom is -0.298 e. The number of thioether (sulfide) groups is 1. The zero-order valence-electron chi connectivity index (χ0n) is 12.1. The van der Waals surface area contributed by atoms with Crippen LogP contribution in [0.25, 0.3) is 0 Å². The van der Waals surface area contributed by atoms with Crippen LogP contribution in [0.1, 0.15) is 37.7 Å². The lowest BCUT2D eigenvalue weighted by Gasteiger charge is -2.35. The van der Waals surface area contributed by atoms with Crippen LogP contribution in [-0.2, 0) is 6.42 Å². The monoisotopic (exact) mass is 353 g/mol. The van der Waals surface area contributed by atoms with Crippen LogP contribution in [-0.4, -0.2) is 34.6 Å². The Morgan fingerprint density at radius 2 is 1.95 bits per heavy atom. The zero-order chi connectivity index (χ0) is 13.8. The summed E-state index contributed by atoms with van der Waals surface area (Å²) in [6.45, 7) is 2.47. The maximum atomic E-state index is 3.65. The van der Waals surface area contributed by atoms with Crippen molar-refractivity contribution >= 4 is 27.7 Å². The largest absolute Gasteiger partial charge is 0.298 e. The lowest BCUT2D eigenvalue weighted by Crippen LogP contribution is -2.41. The van der Waals surface area contributed by atoms with Gasteiger partial charge < -0.3 is 0 Å². The van der Waals surface area contributed by atoms with E-state index in [4.69, 9.17) is 0 Å². The molecule has 1 aromatic rings. The molecule has 0 bridgehead atoms. The Bertz CT molecular complexity index is 406. The van der Waals surface area contributed by atoms with Gasteiger partial charge in [0.2, 0.25) is 0 Å². The Morgan fingerprint density at radius 3 is 2.70 bits per heavy atom. The summed E-state index contributed by atoms with van der Waals surface area (Å²) in [5.41, 5.74) is 1.56. The number of benzene rings is 1. The molecule has 0 saturated heterocycles. The third kappa shape index (κ3) is 3.61. The first kappa shape index (κ1) is 14.9. The summed E-state index contributed by atoms with van der Waals surface area (Å²) in [6, 6.07) is 9.78. The van der Waals surface area contributed by atoms with Gasteiger partial charge >= 0.3 is 0 Å². The second-order valence-electron chi connectivity index (χ2n) is 6.03. The van der Waals surface area contributed by atoms with Crippen LogP contribution in [0, 0.1) is 0 Å². The number of alkyl halides is 1. The van der Waals surface area contributed by atoms with Crippen molar-refractivity contribution < 1.29 is 0 Å². The van der Waals surface area contributed by atoms with Gasteiger partial charge in [0, 0.05) is 34.6 Å². The summed E-state index contributed by atoms with van der Waals surface area (Å²) in [5.74, 6) is 0. The Labute approximate surface area is 135 Å². The van der Waals surface area contributed by atoms with Crippen molar-refractivity contribution in [1.29, 1.82) is 0 Å². The van der Waals surface area contributed by atoms with Crippen molar-refractivity contribution in [2.24, 2.45) is 0 Å². The molecular weight excluding hydrogens is 330 g/mol. The van der Waals surface area contributed by atoms with Crippen LogP contribution < -0.4 is 0 Å². The molecule has 0 radical (unpaired) electrons. The number of hydrogen-bond donors (Lipinski definition) is 0. The van der Waals surface area contributed by atoms with E-state index in [0.717, 1.165) is 16.6 Å². The lowest BCUT2D eigenvalue weighted by molar-refractivity contribution is 0.166. The molecule has 3 rings (SSSR count). The number of rotatable bonds is 5. The van der Waals surface area contributed by atoms with Crippen molar-refractivity contribution in [2.75, 3.05) is 18.4 Å². The molecule has 1 fully saturated rings. The molecule has 1 aliphatic heterocycles. The molecular formula is C17H24BrNS. The van der Waals surface area contributed by atoms with Crippen LogP contribution in [0.4, 0.5) is 0 Å². The molecule has 0 N–H and O–H groups in total. The van der Waals surface area contributed by atoms with E-state index in [2.05, 4.69) is 56.9 Å². The highest BCUT2D eigenvalue weighted by Gasteiger charge is 2.27. The summed E-state index contributed by atoms with van der Waals surface area (Å²) in [4.78, 5) is 4.28. The summed E-state index contributed by atoms with van der Waals surface area (Å²) in [7, 11) is 0. The zero-order valence-corrected chi connectivity index (χ0v) is 14.5. The third-order valence-electron chi connectivity index (χ3n) is 4.61. The standard InChI is InChI=1S/C17H24BrNS/c18-10-11-19(15-7-2-1-3-8-15)13-16-12-14-6-4-5-9-17(14)20-16/h4-6,9,15-16H,1-3,7-8,10-13H2. The van der Waals surface area contributed by atoms with E-state index in [1.807, 2.05) is 0 Å².